The van der Waals surface area contributed by atoms with Crippen LogP contribution in [-0.2, 0) is 4.79 Å². The second kappa shape index (κ2) is 7.12. The predicted octanol–water partition coefficient (Wildman–Crippen LogP) is 3.12. The summed E-state index contributed by atoms with van der Waals surface area (Å²) in [5.41, 5.74) is 2.23. The van der Waals surface area contributed by atoms with Crippen LogP contribution in [0.4, 0.5) is 10.5 Å². The maximum Gasteiger partial charge on any atom is 0.319 e. The maximum atomic E-state index is 12.2. The van der Waals surface area contributed by atoms with Crippen molar-refractivity contribution in [2.75, 3.05) is 5.32 Å². The van der Waals surface area contributed by atoms with Crippen molar-refractivity contribution in [1.82, 2.24) is 10.3 Å². The number of pyridine rings is 1. The van der Waals surface area contributed by atoms with Crippen molar-refractivity contribution in [3.8, 4) is 11.3 Å². The average Bonchev–Trinajstić information content (AvgIpc) is 3.05. The van der Waals surface area contributed by atoms with Crippen LogP contribution in [-0.4, -0.2) is 28.1 Å². The van der Waals surface area contributed by atoms with E-state index in [1.807, 2.05) is 30.3 Å². The summed E-state index contributed by atoms with van der Waals surface area (Å²) in [5, 5.41) is 14.7. The molecule has 1 saturated carbocycles. The van der Waals surface area contributed by atoms with Crippen molar-refractivity contribution in [1.29, 1.82) is 0 Å². The molecular weight excluding hydrogens is 306 g/mol. The third-order valence-electron chi connectivity index (χ3n) is 4.22. The van der Waals surface area contributed by atoms with Crippen molar-refractivity contribution >= 4 is 17.7 Å². The first-order valence-corrected chi connectivity index (χ1v) is 7.94. The molecule has 0 spiro atoms. The molecule has 3 N–H and O–H groups in total. The zero-order valence-electron chi connectivity index (χ0n) is 13.1. The quantitative estimate of drug-likeness (QED) is 0.805. The second-order valence-electron chi connectivity index (χ2n) is 5.91. The molecular formula is C18H19N3O3. The highest BCUT2D eigenvalue weighted by Gasteiger charge is 2.30. The van der Waals surface area contributed by atoms with E-state index in [-0.39, 0.29) is 18.0 Å². The summed E-state index contributed by atoms with van der Waals surface area (Å²) >= 11 is 0. The number of carboxylic acids is 1. The number of hydrogen-bond donors (Lipinski definition) is 3. The Bertz CT molecular complexity index is 733. The first kappa shape index (κ1) is 16.0. The first-order chi connectivity index (χ1) is 11.6. The van der Waals surface area contributed by atoms with Gasteiger partial charge in [-0.3, -0.25) is 9.78 Å². The number of benzene rings is 1. The number of urea groups is 1. The Morgan fingerprint density at radius 1 is 1.08 bits per heavy atom. The van der Waals surface area contributed by atoms with Gasteiger partial charge in [0.15, 0.2) is 0 Å². The van der Waals surface area contributed by atoms with Gasteiger partial charge in [0.05, 0.1) is 17.3 Å². The summed E-state index contributed by atoms with van der Waals surface area (Å²) in [6.45, 7) is 0. The van der Waals surface area contributed by atoms with Gasteiger partial charge in [-0.2, -0.15) is 0 Å². The minimum absolute atomic E-state index is 0.108. The van der Waals surface area contributed by atoms with Gasteiger partial charge >= 0.3 is 12.0 Å². The fraction of sp³-hybridized carbons (Fsp3) is 0.278. The van der Waals surface area contributed by atoms with E-state index in [1.165, 1.54) is 0 Å². The number of carboxylic acid groups (broad SMARTS) is 1. The molecule has 0 unspecified atom stereocenters. The lowest BCUT2D eigenvalue weighted by atomic mass is 10.1. The second-order valence-corrected chi connectivity index (χ2v) is 5.91. The molecule has 1 heterocycles. The molecule has 0 saturated heterocycles. The predicted molar refractivity (Wildman–Crippen MR) is 90.6 cm³/mol. The molecule has 124 valence electrons. The summed E-state index contributed by atoms with van der Waals surface area (Å²) in [7, 11) is 0. The molecule has 0 bridgehead atoms. The van der Waals surface area contributed by atoms with Gasteiger partial charge in [-0.1, -0.05) is 30.3 Å². The summed E-state index contributed by atoms with van der Waals surface area (Å²) in [6, 6.07) is 12.7. The first-order valence-electron chi connectivity index (χ1n) is 7.94. The van der Waals surface area contributed by atoms with Gasteiger partial charge in [-0.15, -0.1) is 0 Å². The molecule has 1 aromatic carbocycles. The number of nitrogens with zero attached hydrogens (tertiary/aromatic N) is 1. The Balaban J connectivity index is 1.66. The molecule has 6 heteroatoms. The molecule has 2 aromatic rings. The van der Waals surface area contributed by atoms with E-state index < -0.39 is 5.97 Å². The van der Waals surface area contributed by atoms with Crippen LogP contribution < -0.4 is 10.6 Å². The largest absolute Gasteiger partial charge is 0.481 e. The van der Waals surface area contributed by atoms with Gasteiger partial charge in [0, 0.05) is 17.8 Å². The third-order valence-corrected chi connectivity index (χ3v) is 4.22. The highest BCUT2D eigenvalue weighted by Crippen LogP contribution is 2.27. The summed E-state index contributed by atoms with van der Waals surface area (Å²) in [5.74, 6) is -1.16. The van der Waals surface area contributed by atoms with E-state index in [2.05, 4.69) is 15.6 Å². The number of carbonyl (C=O) groups excluding carboxylic acids is 1. The van der Waals surface area contributed by atoms with Crippen molar-refractivity contribution in [3.05, 3.63) is 48.7 Å². The van der Waals surface area contributed by atoms with Gasteiger partial charge in [0.2, 0.25) is 0 Å². The van der Waals surface area contributed by atoms with E-state index in [0.29, 0.717) is 30.6 Å². The lowest BCUT2D eigenvalue weighted by Crippen LogP contribution is -2.36. The van der Waals surface area contributed by atoms with Crippen LogP contribution in [0.5, 0.6) is 0 Å². The number of rotatable bonds is 4. The lowest BCUT2D eigenvalue weighted by molar-refractivity contribution is -0.141. The molecule has 3 rings (SSSR count). The number of aliphatic carboxylic acids is 1. The van der Waals surface area contributed by atoms with Crippen LogP contribution in [0.3, 0.4) is 0 Å². The molecule has 1 fully saturated rings. The van der Waals surface area contributed by atoms with Crippen LogP contribution >= 0.6 is 0 Å². The van der Waals surface area contributed by atoms with Crippen LogP contribution in [0.15, 0.2) is 48.7 Å². The fourth-order valence-corrected chi connectivity index (χ4v) is 3.01. The van der Waals surface area contributed by atoms with E-state index >= 15 is 0 Å². The number of aromatic nitrogens is 1. The molecule has 1 aliphatic carbocycles. The Labute approximate surface area is 139 Å². The number of amides is 2. The van der Waals surface area contributed by atoms with Crippen LogP contribution in [0.25, 0.3) is 11.3 Å². The molecule has 1 aromatic heterocycles. The Morgan fingerprint density at radius 3 is 2.58 bits per heavy atom. The van der Waals surface area contributed by atoms with Crippen molar-refractivity contribution < 1.29 is 14.7 Å². The molecule has 2 atom stereocenters. The Kier molecular flexibility index (Phi) is 4.74. The highest BCUT2D eigenvalue weighted by molar-refractivity contribution is 5.93. The van der Waals surface area contributed by atoms with E-state index in [4.69, 9.17) is 5.11 Å². The molecule has 2 amide bonds. The maximum absolute atomic E-state index is 12.2. The van der Waals surface area contributed by atoms with Gasteiger partial charge in [0.25, 0.3) is 0 Å². The molecule has 0 radical (unpaired) electrons. The highest BCUT2D eigenvalue weighted by atomic mass is 16.4. The number of anilines is 1. The number of nitrogens with one attached hydrogen (secondary N) is 2. The normalized spacial score (nSPS) is 19.7. The summed E-state index contributed by atoms with van der Waals surface area (Å²) in [6.07, 6.45) is 3.44. The van der Waals surface area contributed by atoms with Crippen molar-refractivity contribution in [3.63, 3.8) is 0 Å². The van der Waals surface area contributed by atoms with Gasteiger partial charge in [0.1, 0.15) is 0 Å². The van der Waals surface area contributed by atoms with Crippen LogP contribution in [0.1, 0.15) is 19.3 Å². The third kappa shape index (κ3) is 3.71. The van der Waals surface area contributed by atoms with Gasteiger partial charge < -0.3 is 15.7 Å². The van der Waals surface area contributed by atoms with Crippen molar-refractivity contribution in [2.24, 2.45) is 5.92 Å². The zero-order valence-corrected chi connectivity index (χ0v) is 13.1. The van der Waals surface area contributed by atoms with E-state index in [9.17, 15) is 9.59 Å². The topological polar surface area (TPSA) is 91.3 Å². The molecule has 24 heavy (non-hydrogen) atoms. The number of carbonyl (C=O) groups is 2. The van der Waals surface area contributed by atoms with E-state index in [1.54, 1.807) is 18.3 Å². The lowest BCUT2D eigenvalue weighted by Gasteiger charge is -2.15. The van der Waals surface area contributed by atoms with Crippen molar-refractivity contribution in [2.45, 2.75) is 25.3 Å². The van der Waals surface area contributed by atoms with Gasteiger partial charge in [-0.25, -0.2) is 4.79 Å². The average molecular weight is 325 g/mol. The number of hydrogen-bond acceptors (Lipinski definition) is 3. The van der Waals surface area contributed by atoms with Gasteiger partial charge in [-0.05, 0) is 31.4 Å². The van der Waals surface area contributed by atoms with E-state index in [0.717, 1.165) is 5.56 Å². The monoisotopic (exact) mass is 325 g/mol. The Morgan fingerprint density at radius 2 is 1.88 bits per heavy atom. The minimum Gasteiger partial charge on any atom is -0.481 e. The molecule has 0 aliphatic heterocycles. The molecule has 1 aliphatic rings. The standard InChI is InChI=1S/C18H19N3O3/c22-17(23)13-8-9-14(11-13)20-18(24)21-15-7-4-10-19-16(15)12-5-2-1-3-6-12/h1-7,10,13-14H,8-9,11H2,(H,22,23)(H2,20,21,24)/t13-,14+/m1/s1. The minimum atomic E-state index is -0.793. The van der Waals surface area contributed by atoms with Crippen LogP contribution in [0, 0.1) is 5.92 Å². The summed E-state index contributed by atoms with van der Waals surface area (Å²) < 4.78 is 0. The Hall–Kier alpha value is -2.89. The SMILES string of the molecule is O=C(Nc1cccnc1-c1ccccc1)N[C@H]1CC[C@@H](C(=O)O)C1. The fourth-order valence-electron chi connectivity index (χ4n) is 3.01. The zero-order chi connectivity index (χ0) is 16.9. The molecule has 6 nitrogen and oxygen atoms in total. The summed E-state index contributed by atoms with van der Waals surface area (Å²) in [4.78, 5) is 27.6. The smallest absolute Gasteiger partial charge is 0.319 e. The van der Waals surface area contributed by atoms with Crippen LogP contribution in [0.2, 0.25) is 0 Å².